The van der Waals surface area contributed by atoms with Crippen LogP contribution in [0, 0.1) is 11.3 Å². The van der Waals surface area contributed by atoms with E-state index in [1.165, 1.54) is 33.5 Å². The Balaban J connectivity index is 1.06. The summed E-state index contributed by atoms with van der Waals surface area (Å²) < 4.78 is 0. The number of aromatic amines is 1. The first-order valence-electron chi connectivity index (χ1n) is 17.5. The van der Waals surface area contributed by atoms with E-state index in [1.807, 2.05) is 61.5 Å². The molecule has 0 saturated heterocycles. The Labute approximate surface area is 316 Å². The Bertz CT molecular complexity index is 2360. The summed E-state index contributed by atoms with van der Waals surface area (Å²) in [6.45, 7) is 1.95. The monoisotopic (exact) mass is 735 g/mol. The average Bonchev–Trinajstić information content (AvgIpc) is 3.77. The lowest BCUT2D eigenvalue weighted by Crippen LogP contribution is -2.30. The number of amides is 3. The highest BCUT2D eigenvalue weighted by Crippen LogP contribution is 2.42. The molecule has 2 atom stereocenters. The van der Waals surface area contributed by atoms with E-state index in [-0.39, 0.29) is 11.6 Å². The van der Waals surface area contributed by atoms with E-state index >= 15 is 0 Å². The highest BCUT2D eigenvalue weighted by molar-refractivity contribution is 8.00. The van der Waals surface area contributed by atoms with Gasteiger partial charge in [-0.2, -0.15) is 5.26 Å². The lowest BCUT2D eigenvalue weighted by Gasteiger charge is -2.22. The molecule has 4 aromatic carbocycles. The van der Waals surface area contributed by atoms with E-state index in [0.717, 1.165) is 46.2 Å². The Hall–Kier alpha value is -5.89. The molecular formula is C43H37N5O3S2. The number of thioether (sulfide) groups is 1. The molecule has 0 radical (unpaired) electrons. The molecule has 0 spiro atoms. The maximum absolute atomic E-state index is 13.8. The lowest BCUT2D eigenvalue weighted by molar-refractivity contribution is -0.116. The van der Waals surface area contributed by atoms with Crippen LogP contribution in [0.4, 0.5) is 10.7 Å². The number of aromatic nitrogens is 1. The normalized spacial score (nSPS) is 14.5. The van der Waals surface area contributed by atoms with Gasteiger partial charge in [-0.3, -0.25) is 14.4 Å². The maximum Gasteiger partial charge on any atom is 0.272 e. The number of anilines is 2. The van der Waals surface area contributed by atoms with Gasteiger partial charge >= 0.3 is 0 Å². The zero-order valence-electron chi connectivity index (χ0n) is 29.0. The highest BCUT2D eigenvalue weighted by Gasteiger charge is 2.29. The second kappa shape index (κ2) is 16.2. The molecule has 8 nitrogen and oxygen atoms in total. The molecule has 2 unspecified atom stereocenters. The van der Waals surface area contributed by atoms with Crippen LogP contribution in [0.25, 0.3) is 17.0 Å². The topological polar surface area (TPSA) is 127 Å². The molecule has 0 bridgehead atoms. The van der Waals surface area contributed by atoms with E-state index in [2.05, 4.69) is 51.3 Å². The van der Waals surface area contributed by atoms with E-state index in [9.17, 15) is 19.6 Å². The van der Waals surface area contributed by atoms with Crippen LogP contribution in [0.5, 0.6) is 0 Å². The summed E-state index contributed by atoms with van der Waals surface area (Å²) in [7, 11) is 0. The second-order valence-electron chi connectivity index (χ2n) is 12.8. The van der Waals surface area contributed by atoms with Crippen molar-refractivity contribution in [2.75, 3.05) is 10.6 Å². The molecule has 4 N–H and O–H groups in total. The van der Waals surface area contributed by atoms with Crippen molar-refractivity contribution in [1.82, 2.24) is 10.3 Å². The molecule has 7 rings (SSSR count). The maximum atomic E-state index is 13.8. The van der Waals surface area contributed by atoms with Crippen molar-refractivity contribution in [3.63, 3.8) is 0 Å². The molecule has 264 valence electrons. The number of para-hydroxylation sites is 1. The number of thiophene rings is 1. The van der Waals surface area contributed by atoms with Crippen molar-refractivity contribution in [3.8, 4) is 6.07 Å². The van der Waals surface area contributed by atoms with Gasteiger partial charge in [-0.25, -0.2) is 0 Å². The van der Waals surface area contributed by atoms with Crippen LogP contribution in [-0.2, 0) is 22.4 Å². The molecule has 3 amide bonds. The van der Waals surface area contributed by atoms with Gasteiger partial charge < -0.3 is 20.9 Å². The van der Waals surface area contributed by atoms with Crippen molar-refractivity contribution >= 4 is 68.5 Å². The third-order valence-electron chi connectivity index (χ3n) is 9.37. The van der Waals surface area contributed by atoms with Crippen molar-refractivity contribution in [1.29, 1.82) is 5.26 Å². The van der Waals surface area contributed by atoms with Gasteiger partial charge in [-0.15, -0.1) is 23.1 Å². The Kier molecular flexibility index (Phi) is 10.9. The number of H-pyrrole nitrogens is 1. The van der Waals surface area contributed by atoms with Crippen LogP contribution in [0.3, 0.4) is 0 Å². The third-order valence-corrected chi connectivity index (χ3v) is 11.9. The van der Waals surface area contributed by atoms with E-state index < -0.39 is 17.1 Å². The van der Waals surface area contributed by atoms with Crippen LogP contribution in [0.1, 0.15) is 63.2 Å². The number of nitrogens with zero attached hydrogens (tertiary/aromatic N) is 1. The minimum atomic E-state index is -0.494. The van der Waals surface area contributed by atoms with Gasteiger partial charge in [0, 0.05) is 43.7 Å². The van der Waals surface area contributed by atoms with Crippen molar-refractivity contribution in [3.05, 3.63) is 154 Å². The number of benzene rings is 4. The first kappa shape index (κ1) is 35.5. The molecule has 1 aliphatic carbocycles. The summed E-state index contributed by atoms with van der Waals surface area (Å²) in [5.41, 5.74) is 5.61. The summed E-state index contributed by atoms with van der Waals surface area (Å²) in [4.78, 5) is 45.8. The third kappa shape index (κ3) is 8.12. The number of carbonyl (C=O) groups is 3. The molecular weight excluding hydrogens is 699 g/mol. The average molecular weight is 736 g/mol. The van der Waals surface area contributed by atoms with E-state index in [4.69, 9.17) is 0 Å². The van der Waals surface area contributed by atoms with Gasteiger partial charge in [0.2, 0.25) is 5.91 Å². The molecule has 6 aromatic rings. The predicted octanol–water partition coefficient (Wildman–Crippen LogP) is 9.29. The SMILES string of the molecule is CCC(Sc1cccc(NC(=O)/C(=C/c2c[nH]c3ccccc23)NC(=O)c2ccccc2)c1)C(=O)Nc1sc2c(c1C#N)CCC(c1ccccc1)C2. The van der Waals surface area contributed by atoms with Gasteiger partial charge in [0.1, 0.15) is 16.8 Å². The molecule has 0 saturated carbocycles. The largest absolute Gasteiger partial charge is 0.361 e. The number of hydrogen-bond donors (Lipinski definition) is 4. The number of nitriles is 1. The quantitative estimate of drug-likeness (QED) is 0.0780. The molecule has 2 aromatic heterocycles. The zero-order valence-corrected chi connectivity index (χ0v) is 30.7. The van der Waals surface area contributed by atoms with Crippen LogP contribution in [0.2, 0.25) is 0 Å². The highest BCUT2D eigenvalue weighted by atomic mass is 32.2. The molecule has 1 aliphatic rings. The first-order valence-corrected chi connectivity index (χ1v) is 19.2. The van der Waals surface area contributed by atoms with Crippen LogP contribution < -0.4 is 16.0 Å². The van der Waals surface area contributed by atoms with Gasteiger partial charge in [-0.1, -0.05) is 79.7 Å². The molecule has 0 aliphatic heterocycles. The molecule has 2 heterocycles. The second-order valence-corrected chi connectivity index (χ2v) is 15.2. The van der Waals surface area contributed by atoms with Crippen LogP contribution >= 0.6 is 23.1 Å². The summed E-state index contributed by atoms with van der Waals surface area (Å²) in [6.07, 6.45) is 6.64. The minimum Gasteiger partial charge on any atom is -0.361 e. The fraction of sp³-hybridized carbons (Fsp3) is 0.163. The van der Waals surface area contributed by atoms with Crippen molar-refractivity contribution < 1.29 is 14.4 Å². The van der Waals surface area contributed by atoms with Crippen molar-refractivity contribution in [2.24, 2.45) is 0 Å². The lowest BCUT2D eigenvalue weighted by atomic mass is 9.83. The van der Waals surface area contributed by atoms with E-state index in [1.54, 1.807) is 42.6 Å². The van der Waals surface area contributed by atoms with Crippen molar-refractivity contribution in [2.45, 2.75) is 48.7 Å². The summed E-state index contributed by atoms with van der Waals surface area (Å²) >= 11 is 2.91. The standard InChI is InChI=1S/C43H37N5O3S2/c1-2-38(42(51)48-43-35(25-44)34-21-20-29(23-39(34)53-43)27-12-5-3-6-13-27)52-32-17-11-16-31(24-32)46-41(50)37(47-40(49)28-14-7-4-8-15-28)22-30-26-45-36-19-10-9-18-33(30)36/h3-19,22,24,26,29,38,45H,2,20-21,23H2,1H3,(H,46,50)(H,47,49)(H,48,51)/b37-22-. The number of carbonyl (C=O) groups excluding carboxylic acids is 3. The van der Waals surface area contributed by atoms with Gasteiger partial charge in [0.15, 0.2) is 0 Å². The van der Waals surface area contributed by atoms with E-state index in [0.29, 0.717) is 34.2 Å². The summed E-state index contributed by atoms with van der Waals surface area (Å²) in [6, 6.07) is 36.6. The van der Waals surface area contributed by atoms with Crippen LogP contribution in [0.15, 0.2) is 126 Å². The van der Waals surface area contributed by atoms with Gasteiger partial charge in [0.25, 0.3) is 11.8 Å². The Morgan fingerprint density at radius 3 is 2.49 bits per heavy atom. The fourth-order valence-corrected chi connectivity index (χ4v) is 8.93. The predicted molar refractivity (Wildman–Crippen MR) is 214 cm³/mol. The van der Waals surface area contributed by atoms with Crippen LogP contribution in [-0.4, -0.2) is 28.0 Å². The molecule has 10 heteroatoms. The number of rotatable bonds is 11. The smallest absolute Gasteiger partial charge is 0.272 e. The summed E-state index contributed by atoms with van der Waals surface area (Å²) in [5.74, 6) is -0.680. The van der Waals surface area contributed by atoms with Gasteiger partial charge in [-0.05, 0) is 85.2 Å². The Morgan fingerprint density at radius 1 is 0.962 bits per heavy atom. The minimum absolute atomic E-state index is 0.0782. The number of hydrogen-bond acceptors (Lipinski definition) is 6. The number of nitrogens with one attached hydrogen (secondary N) is 4. The van der Waals surface area contributed by atoms with Gasteiger partial charge in [0.05, 0.1) is 10.8 Å². The first-order chi connectivity index (χ1) is 25.9. The number of fused-ring (bicyclic) bond motifs is 2. The molecule has 0 fully saturated rings. The fourth-order valence-electron chi connectivity index (χ4n) is 6.64. The molecule has 53 heavy (non-hydrogen) atoms. The Morgan fingerprint density at radius 2 is 1.72 bits per heavy atom. The summed E-state index contributed by atoms with van der Waals surface area (Å²) in [5, 5.41) is 20.0. The zero-order chi connectivity index (χ0) is 36.7.